The van der Waals surface area contributed by atoms with Crippen LogP contribution >= 0.6 is 27.5 Å². The van der Waals surface area contributed by atoms with E-state index in [1.54, 1.807) is 25.3 Å². The highest BCUT2D eigenvalue weighted by Crippen LogP contribution is 2.26. The van der Waals surface area contributed by atoms with Crippen LogP contribution in [0.1, 0.15) is 22.0 Å². The molecule has 1 atom stereocenters. The predicted octanol–water partition coefficient (Wildman–Crippen LogP) is 4.19. The fourth-order valence-corrected chi connectivity index (χ4v) is 3.38. The quantitative estimate of drug-likeness (QED) is 0.644. The molecule has 0 saturated heterocycles. The maximum Gasteiger partial charge on any atom is 0.176 e. The number of hydrogen-bond donors (Lipinski definition) is 1. The van der Waals surface area contributed by atoms with E-state index in [0.29, 0.717) is 17.9 Å². The number of halogens is 2. The number of ketones is 1. The van der Waals surface area contributed by atoms with Crippen molar-refractivity contribution in [2.24, 2.45) is 0 Å². The number of methoxy groups -OCH3 is 1. The lowest BCUT2D eigenvalue weighted by atomic mass is 10.1. The van der Waals surface area contributed by atoms with Gasteiger partial charge in [0.1, 0.15) is 5.75 Å². The minimum absolute atomic E-state index is 0.0278. The summed E-state index contributed by atoms with van der Waals surface area (Å²) in [5.41, 5.74) is 1.68. The molecule has 2 aromatic carbocycles. The topological polar surface area (TPSA) is 41.6 Å². The Kier molecular flexibility index (Phi) is 7.44. The molecule has 0 aromatic heterocycles. The molecule has 6 heteroatoms. The van der Waals surface area contributed by atoms with E-state index in [9.17, 15) is 4.79 Å². The van der Waals surface area contributed by atoms with Crippen LogP contribution in [0.3, 0.4) is 0 Å². The summed E-state index contributed by atoms with van der Waals surface area (Å²) in [5.74, 6) is 0.732. The van der Waals surface area contributed by atoms with Crippen LogP contribution in [-0.2, 0) is 0 Å². The number of rotatable bonds is 8. The third-order valence-electron chi connectivity index (χ3n) is 3.98. The second-order valence-corrected chi connectivity index (χ2v) is 7.17. The van der Waals surface area contributed by atoms with Crippen molar-refractivity contribution >= 4 is 33.3 Å². The molecule has 134 valence electrons. The molecule has 0 aliphatic carbocycles. The van der Waals surface area contributed by atoms with Crippen LogP contribution in [0, 0.1) is 0 Å². The minimum Gasteiger partial charge on any atom is -0.496 e. The summed E-state index contributed by atoms with van der Waals surface area (Å²) in [4.78, 5) is 14.5. The molecule has 25 heavy (non-hydrogen) atoms. The van der Waals surface area contributed by atoms with E-state index in [4.69, 9.17) is 16.3 Å². The lowest BCUT2D eigenvalue weighted by molar-refractivity contribution is 0.0988. The normalized spacial score (nSPS) is 12.2. The zero-order valence-electron chi connectivity index (χ0n) is 14.6. The predicted molar refractivity (Wildman–Crippen MR) is 106 cm³/mol. The fraction of sp³-hybridized carbons (Fsp3) is 0.316. The van der Waals surface area contributed by atoms with Crippen molar-refractivity contribution < 1.29 is 9.53 Å². The van der Waals surface area contributed by atoms with Gasteiger partial charge in [-0.2, -0.15) is 0 Å². The van der Waals surface area contributed by atoms with Gasteiger partial charge in [0.05, 0.1) is 18.1 Å². The van der Waals surface area contributed by atoms with Crippen LogP contribution in [0.15, 0.2) is 46.9 Å². The molecule has 0 radical (unpaired) electrons. The van der Waals surface area contributed by atoms with Gasteiger partial charge in [0.2, 0.25) is 0 Å². The van der Waals surface area contributed by atoms with Crippen LogP contribution in [0.25, 0.3) is 0 Å². The average Bonchev–Trinajstić information content (AvgIpc) is 2.59. The number of benzene rings is 2. The SMILES string of the molecule is COc1ccc(C(=O)CNCC(c2ccccc2Cl)N(C)C)cc1Br. The van der Waals surface area contributed by atoms with E-state index in [1.807, 2.05) is 38.4 Å². The molecule has 0 fully saturated rings. The molecule has 0 aliphatic heterocycles. The van der Waals surface area contributed by atoms with Crippen molar-refractivity contribution in [2.45, 2.75) is 6.04 Å². The number of nitrogens with one attached hydrogen (secondary N) is 1. The van der Waals surface area contributed by atoms with Crippen molar-refractivity contribution in [2.75, 3.05) is 34.3 Å². The molecular weight excluding hydrogens is 404 g/mol. The Balaban J connectivity index is 1.99. The molecule has 2 rings (SSSR count). The lowest BCUT2D eigenvalue weighted by Crippen LogP contribution is -2.34. The van der Waals surface area contributed by atoms with Crippen molar-refractivity contribution in [3.63, 3.8) is 0 Å². The average molecular weight is 426 g/mol. The molecule has 2 aromatic rings. The van der Waals surface area contributed by atoms with E-state index < -0.39 is 0 Å². The highest BCUT2D eigenvalue weighted by molar-refractivity contribution is 9.10. The first kappa shape index (κ1) is 19.9. The Hall–Kier alpha value is -1.40. The zero-order chi connectivity index (χ0) is 18.4. The van der Waals surface area contributed by atoms with E-state index in [1.165, 1.54) is 0 Å². The Morgan fingerprint density at radius 1 is 1.28 bits per heavy atom. The summed E-state index contributed by atoms with van der Waals surface area (Å²) in [5, 5.41) is 3.97. The number of Topliss-reactive ketones (excluding diaryl/α,β-unsaturated/α-hetero) is 1. The maximum absolute atomic E-state index is 12.4. The van der Waals surface area contributed by atoms with Gasteiger partial charge in [-0.05, 0) is 59.9 Å². The molecule has 0 saturated carbocycles. The third-order valence-corrected chi connectivity index (χ3v) is 4.95. The highest BCUT2D eigenvalue weighted by Gasteiger charge is 2.17. The molecule has 0 heterocycles. The number of ether oxygens (including phenoxy) is 1. The summed E-state index contributed by atoms with van der Waals surface area (Å²) >= 11 is 9.71. The van der Waals surface area contributed by atoms with Gasteiger partial charge in [0.25, 0.3) is 0 Å². The van der Waals surface area contributed by atoms with E-state index in [0.717, 1.165) is 15.1 Å². The van der Waals surface area contributed by atoms with E-state index >= 15 is 0 Å². The summed E-state index contributed by atoms with van der Waals surface area (Å²) in [6, 6.07) is 13.2. The summed E-state index contributed by atoms with van der Waals surface area (Å²) in [7, 11) is 5.59. The van der Waals surface area contributed by atoms with Crippen molar-refractivity contribution in [3.05, 3.63) is 63.1 Å². The summed E-state index contributed by atoms with van der Waals surface area (Å²) < 4.78 is 5.95. The first-order valence-corrected chi connectivity index (χ1v) is 9.09. The Labute approximate surface area is 162 Å². The van der Waals surface area contributed by atoms with E-state index in [-0.39, 0.29) is 18.4 Å². The molecule has 1 N–H and O–H groups in total. The van der Waals surface area contributed by atoms with Gasteiger partial charge in [0.15, 0.2) is 5.78 Å². The number of carbonyl (C=O) groups excluding carboxylic acids is 1. The molecule has 0 bridgehead atoms. The first-order valence-electron chi connectivity index (χ1n) is 7.92. The molecule has 0 aliphatic rings. The largest absolute Gasteiger partial charge is 0.496 e. The number of likely N-dealkylation sites (N-methyl/N-ethyl adjacent to an activating group) is 1. The zero-order valence-corrected chi connectivity index (χ0v) is 16.9. The molecular formula is C19H22BrClN2O2. The number of nitrogens with zero attached hydrogens (tertiary/aromatic N) is 1. The van der Waals surface area contributed by atoms with Gasteiger partial charge in [-0.15, -0.1) is 0 Å². The summed E-state index contributed by atoms with van der Waals surface area (Å²) in [6.07, 6.45) is 0. The lowest BCUT2D eigenvalue weighted by Gasteiger charge is -2.26. The third kappa shape index (κ3) is 5.28. The Morgan fingerprint density at radius 2 is 2.00 bits per heavy atom. The van der Waals surface area contributed by atoms with Gasteiger partial charge in [0, 0.05) is 23.2 Å². The van der Waals surface area contributed by atoms with E-state index in [2.05, 4.69) is 26.1 Å². The molecule has 0 spiro atoms. The van der Waals surface area contributed by atoms with Crippen molar-refractivity contribution in [3.8, 4) is 5.75 Å². The standard InChI is InChI=1S/C19H22BrClN2O2/c1-23(2)17(14-6-4-5-7-16(14)21)11-22-12-18(24)13-8-9-19(25-3)15(20)10-13/h4-10,17,22H,11-12H2,1-3H3. The van der Waals surface area contributed by atoms with Crippen LogP contribution in [0.5, 0.6) is 5.75 Å². The smallest absolute Gasteiger partial charge is 0.176 e. The van der Waals surface area contributed by atoms with Crippen LogP contribution < -0.4 is 10.1 Å². The van der Waals surface area contributed by atoms with Crippen LogP contribution in [0.2, 0.25) is 5.02 Å². The Bertz CT molecular complexity index is 737. The maximum atomic E-state index is 12.4. The number of hydrogen-bond acceptors (Lipinski definition) is 4. The van der Waals surface area contributed by atoms with Crippen LogP contribution in [-0.4, -0.2) is 45.0 Å². The van der Waals surface area contributed by atoms with Gasteiger partial charge in [-0.1, -0.05) is 29.8 Å². The summed E-state index contributed by atoms with van der Waals surface area (Å²) in [6.45, 7) is 0.882. The van der Waals surface area contributed by atoms with Gasteiger partial charge >= 0.3 is 0 Å². The van der Waals surface area contributed by atoms with Crippen LogP contribution in [0.4, 0.5) is 0 Å². The first-order chi connectivity index (χ1) is 11.9. The monoisotopic (exact) mass is 424 g/mol. The second kappa shape index (κ2) is 9.34. The van der Waals surface area contributed by atoms with Gasteiger partial charge in [-0.3, -0.25) is 4.79 Å². The van der Waals surface area contributed by atoms with Crippen molar-refractivity contribution in [1.82, 2.24) is 10.2 Å². The number of carbonyl (C=O) groups is 1. The minimum atomic E-state index is 0.0278. The fourth-order valence-electron chi connectivity index (χ4n) is 2.58. The van der Waals surface area contributed by atoms with Crippen molar-refractivity contribution in [1.29, 1.82) is 0 Å². The molecule has 4 nitrogen and oxygen atoms in total. The highest BCUT2D eigenvalue weighted by atomic mass is 79.9. The second-order valence-electron chi connectivity index (χ2n) is 5.90. The Morgan fingerprint density at radius 3 is 2.60 bits per heavy atom. The van der Waals surface area contributed by atoms with Gasteiger partial charge in [-0.25, -0.2) is 0 Å². The molecule has 1 unspecified atom stereocenters. The molecule has 0 amide bonds. The van der Waals surface area contributed by atoms with Gasteiger partial charge < -0.3 is 15.0 Å².